The monoisotopic (exact) mass is 422 g/mol. The van der Waals surface area contributed by atoms with Crippen LogP contribution in [0.25, 0.3) is 0 Å². The predicted octanol–water partition coefficient (Wildman–Crippen LogP) is 5.01. The summed E-state index contributed by atoms with van der Waals surface area (Å²) in [7, 11) is 1.92. The van der Waals surface area contributed by atoms with E-state index in [0.717, 1.165) is 33.4 Å². The number of hydrogen-bond donors (Lipinski definition) is 2. The molecule has 0 atom stereocenters. The van der Waals surface area contributed by atoms with Gasteiger partial charge >= 0.3 is 6.09 Å². The van der Waals surface area contributed by atoms with E-state index < -0.39 is 11.7 Å². The van der Waals surface area contributed by atoms with Gasteiger partial charge in [0.05, 0.1) is 17.1 Å². The number of nitrogens with one attached hydrogen (secondary N) is 2. The molecule has 2 N–H and O–H groups in total. The smallest absolute Gasteiger partial charge is 0.412 e. The Kier molecular flexibility index (Phi) is 6.34. The van der Waals surface area contributed by atoms with Crippen LogP contribution in [-0.2, 0) is 24.8 Å². The molecule has 26 heavy (non-hydrogen) atoms. The van der Waals surface area contributed by atoms with Gasteiger partial charge in [0, 0.05) is 29.8 Å². The Morgan fingerprint density at radius 1 is 1.35 bits per heavy atom. The average molecular weight is 423 g/mol. The van der Waals surface area contributed by atoms with E-state index in [-0.39, 0.29) is 0 Å². The molecule has 1 heterocycles. The zero-order chi connectivity index (χ0) is 19.5. The summed E-state index contributed by atoms with van der Waals surface area (Å²) < 4.78 is 8.14. The Labute approximate surface area is 163 Å². The molecule has 2 aromatic rings. The molecule has 6 nitrogen and oxygen atoms in total. The summed E-state index contributed by atoms with van der Waals surface area (Å²) in [5.74, 6) is 0. The third-order valence-electron chi connectivity index (χ3n) is 3.72. The van der Waals surface area contributed by atoms with Crippen LogP contribution in [0.3, 0.4) is 0 Å². The molecule has 2 rings (SSSR count). The van der Waals surface area contributed by atoms with Crippen LogP contribution in [0.15, 0.2) is 22.8 Å². The zero-order valence-corrected chi connectivity index (χ0v) is 17.8. The molecular weight excluding hydrogens is 396 g/mol. The second-order valence-corrected chi connectivity index (χ2v) is 8.17. The lowest BCUT2D eigenvalue weighted by atomic mass is 10.1. The van der Waals surface area contributed by atoms with Crippen LogP contribution < -0.4 is 10.6 Å². The molecule has 1 aromatic heterocycles. The Bertz CT molecular complexity index is 794. The van der Waals surface area contributed by atoms with Gasteiger partial charge in [0.15, 0.2) is 0 Å². The van der Waals surface area contributed by atoms with Crippen molar-refractivity contribution in [3.05, 3.63) is 39.6 Å². The molecule has 0 saturated carbocycles. The molecule has 0 saturated heterocycles. The van der Waals surface area contributed by atoms with E-state index in [2.05, 4.69) is 38.6 Å². The first-order valence-electron chi connectivity index (χ1n) is 8.64. The van der Waals surface area contributed by atoms with Crippen molar-refractivity contribution >= 4 is 33.4 Å². The minimum absolute atomic E-state index is 0.471. The van der Waals surface area contributed by atoms with Gasteiger partial charge in [-0.1, -0.05) is 22.9 Å². The highest BCUT2D eigenvalue weighted by molar-refractivity contribution is 9.10. The number of carbonyl (C=O) groups excluding carboxylic acids is 1. The standard InChI is InChI=1S/C19H27BrN4O2/c1-7-15-13(11-24(6)23-15)10-21-16-9-14(20)8-12(2)17(16)22-18(25)26-19(3,4)5/h8-9,11,21H,7,10H2,1-6H3,(H,22,25). The van der Waals surface area contributed by atoms with E-state index in [1.807, 2.05) is 57.8 Å². The topological polar surface area (TPSA) is 68.2 Å². The molecule has 0 aliphatic heterocycles. The van der Waals surface area contributed by atoms with Crippen molar-refractivity contribution in [1.29, 1.82) is 0 Å². The summed E-state index contributed by atoms with van der Waals surface area (Å²) in [5, 5.41) is 10.7. The average Bonchev–Trinajstić information content (AvgIpc) is 2.86. The van der Waals surface area contributed by atoms with E-state index in [1.165, 1.54) is 0 Å². The fraction of sp³-hybridized carbons (Fsp3) is 0.474. The van der Waals surface area contributed by atoms with Crippen LogP contribution in [0.1, 0.15) is 44.5 Å². The lowest BCUT2D eigenvalue weighted by Crippen LogP contribution is -2.27. The highest BCUT2D eigenvalue weighted by atomic mass is 79.9. The van der Waals surface area contributed by atoms with Gasteiger partial charge in [-0.3, -0.25) is 10.00 Å². The second-order valence-electron chi connectivity index (χ2n) is 7.25. The van der Waals surface area contributed by atoms with Gasteiger partial charge in [-0.15, -0.1) is 0 Å². The number of ether oxygens (including phenoxy) is 1. The number of benzene rings is 1. The van der Waals surface area contributed by atoms with Crippen molar-refractivity contribution < 1.29 is 9.53 Å². The summed E-state index contributed by atoms with van der Waals surface area (Å²) in [6.45, 7) is 10.2. The Balaban J connectivity index is 2.23. The van der Waals surface area contributed by atoms with Crippen molar-refractivity contribution in [2.24, 2.45) is 7.05 Å². The van der Waals surface area contributed by atoms with E-state index >= 15 is 0 Å². The molecule has 0 fully saturated rings. The van der Waals surface area contributed by atoms with Gasteiger partial charge in [-0.2, -0.15) is 5.10 Å². The summed E-state index contributed by atoms with van der Waals surface area (Å²) in [6, 6.07) is 3.90. The molecular formula is C19H27BrN4O2. The van der Waals surface area contributed by atoms with E-state index in [0.29, 0.717) is 12.2 Å². The maximum absolute atomic E-state index is 12.2. The van der Waals surface area contributed by atoms with Crippen LogP contribution in [0.4, 0.5) is 16.2 Å². The van der Waals surface area contributed by atoms with Gasteiger partial charge < -0.3 is 10.1 Å². The summed E-state index contributed by atoms with van der Waals surface area (Å²) >= 11 is 3.52. The number of hydrogen-bond acceptors (Lipinski definition) is 4. The van der Waals surface area contributed by atoms with Crippen molar-refractivity contribution in [2.45, 2.75) is 53.2 Å². The lowest BCUT2D eigenvalue weighted by molar-refractivity contribution is 0.0636. The second kappa shape index (κ2) is 8.12. The van der Waals surface area contributed by atoms with Crippen LogP contribution in [0.5, 0.6) is 0 Å². The number of halogens is 1. The van der Waals surface area contributed by atoms with Crippen molar-refractivity contribution in [3.63, 3.8) is 0 Å². The number of rotatable bonds is 5. The third-order valence-corrected chi connectivity index (χ3v) is 4.18. The zero-order valence-electron chi connectivity index (χ0n) is 16.2. The molecule has 1 amide bonds. The van der Waals surface area contributed by atoms with Gasteiger partial charge in [-0.05, 0) is 51.8 Å². The first-order valence-corrected chi connectivity index (χ1v) is 9.43. The summed E-state index contributed by atoms with van der Waals surface area (Å²) in [6.07, 6.45) is 2.41. The number of carbonyl (C=O) groups is 1. The molecule has 142 valence electrons. The van der Waals surface area contributed by atoms with Crippen LogP contribution in [-0.4, -0.2) is 21.5 Å². The molecule has 0 spiro atoms. The molecule has 0 unspecified atom stereocenters. The van der Waals surface area contributed by atoms with E-state index in [4.69, 9.17) is 4.74 Å². The first kappa shape index (κ1) is 20.3. The van der Waals surface area contributed by atoms with Crippen molar-refractivity contribution in [1.82, 2.24) is 9.78 Å². The van der Waals surface area contributed by atoms with Crippen molar-refractivity contribution in [3.8, 4) is 0 Å². The highest BCUT2D eigenvalue weighted by Crippen LogP contribution is 2.31. The summed E-state index contributed by atoms with van der Waals surface area (Å²) in [5.41, 5.74) is 4.13. The van der Waals surface area contributed by atoms with Gasteiger partial charge in [0.2, 0.25) is 0 Å². The first-order chi connectivity index (χ1) is 12.1. The van der Waals surface area contributed by atoms with Crippen LogP contribution in [0, 0.1) is 6.92 Å². The SMILES string of the molecule is CCc1nn(C)cc1CNc1cc(Br)cc(C)c1NC(=O)OC(C)(C)C. The number of amides is 1. The number of anilines is 2. The number of aromatic nitrogens is 2. The Morgan fingerprint density at radius 3 is 2.65 bits per heavy atom. The van der Waals surface area contributed by atoms with Gasteiger partial charge in [-0.25, -0.2) is 4.79 Å². The van der Waals surface area contributed by atoms with E-state index in [1.54, 1.807) is 0 Å². The van der Waals surface area contributed by atoms with Gasteiger partial charge in [0.25, 0.3) is 0 Å². The maximum atomic E-state index is 12.2. The number of aryl methyl sites for hydroxylation is 3. The largest absolute Gasteiger partial charge is 0.444 e. The van der Waals surface area contributed by atoms with Crippen molar-refractivity contribution in [2.75, 3.05) is 10.6 Å². The normalized spacial score (nSPS) is 11.3. The van der Waals surface area contributed by atoms with Crippen LogP contribution >= 0.6 is 15.9 Å². The van der Waals surface area contributed by atoms with Crippen LogP contribution in [0.2, 0.25) is 0 Å². The minimum atomic E-state index is -0.549. The summed E-state index contributed by atoms with van der Waals surface area (Å²) in [4.78, 5) is 12.2. The lowest BCUT2D eigenvalue weighted by Gasteiger charge is -2.22. The predicted molar refractivity (Wildman–Crippen MR) is 109 cm³/mol. The highest BCUT2D eigenvalue weighted by Gasteiger charge is 2.19. The molecule has 0 bridgehead atoms. The Hall–Kier alpha value is -2.02. The van der Waals surface area contributed by atoms with Gasteiger partial charge in [0.1, 0.15) is 5.60 Å². The molecule has 0 radical (unpaired) electrons. The molecule has 1 aromatic carbocycles. The minimum Gasteiger partial charge on any atom is -0.444 e. The molecule has 7 heteroatoms. The Morgan fingerprint density at radius 2 is 2.04 bits per heavy atom. The quantitative estimate of drug-likeness (QED) is 0.709. The number of nitrogens with zero attached hydrogens (tertiary/aromatic N) is 2. The fourth-order valence-corrected chi connectivity index (χ4v) is 3.25. The maximum Gasteiger partial charge on any atom is 0.412 e. The molecule has 0 aliphatic rings. The van der Waals surface area contributed by atoms with E-state index in [9.17, 15) is 4.79 Å². The third kappa shape index (κ3) is 5.49. The fourth-order valence-electron chi connectivity index (χ4n) is 2.67. The molecule has 0 aliphatic carbocycles.